The predicted molar refractivity (Wildman–Crippen MR) is 128 cm³/mol. The van der Waals surface area contributed by atoms with Gasteiger partial charge in [0.1, 0.15) is 11.6 Å². The maximum Gasteiger partial charge on any atom is 0.145 e. The van der Waals surface area contributed by atoms with E-state index in [4.69, 9.17) is 9.97 Å². The molecule has 1 heterocycles. The zero-order chi connectivity index (χ0) is 19.6. The van der Waals surface area contributed by atoms with Crippen LogP contribution in [0, 0.1) is 0 Å². The Labute approximate surface area is 184 Å². The molecule has 154 valence electrons. The van der Waals surface area contributed by atoms with Crippen molar-refractivity contribution in [3.63, 3.8) is 0 Å². The molecule has 0 bridgehead atoms. The number of rotatable bonds is 11. The summed E-state index contributed by atoms with van der Waals surface area (Å²) >= 11 is 2.50. The molecule has 5 heteroatoms. The van der Waals surface area contributed by atoms with Gasteiger partial charge in [0, 0.05) is 18.0 Å². The van der Waals surface area contributed by atoms with Crippen LogP contribution in [0.2, 0.25) is 0 Å². The number of nitrogens with one attached hydrogen (secondary N) is 1. The van der Waals surface area contributed by atoms with Crippen molar-refractivity contribution in [2.45, 2.75) is 83.7 Å². The van der Waals surface area contributed by atoms with Crippen molar-refractivity contribution in [3.05, 3.63) is 30.1 Å². The number of para-hydroxylation sites is 1. The highest BCUT2D eigenvalue weighted by atomic mass is 127. The molecule has 0 amide bonds. The van der Waals surface area contributed by atoms with Crippen LogP contribution in [0.3, 0.4) is 0 Å². The highest BCUT2D eigenvalue weighted by molar-refractivity contribution is 14.1. The summed E-state index contributed by atoms with van der Waals surface area (Å²) < 4.78 is 1.04. The summed E-state index contributed by atoms with van der Waals surface area (Å²) in [7, 11) is 0. The number of benzene rings is 1. The highest BCUT2D eigenvalue weighted by Crippen LogP contribution is 2.26. The van der Waals surface area contributed by atoms with Crippen LogP contribution in [0.1, 0.15) is 77.0 Å². The Morgan fingerprint density at radius 1 is 1.04 bits per heavy atom. The summed E-state index contributed by atoms with van der Waals surface area (Å²) in [5.74, 6) is 1.96. The van der Waals surface area contributed by atoms with E-state index in [1.165, 1.54) is 64.2 Å². The van der Waals surface area contributed by atoms with E-state index in [1.807, 2.05) is 0 Å². The first-order valence-corrected chi connectivity index (χ1v) is 12.6. The number of fused-ring (bicyclic) bond motifs is 1. The zero-order valence-corrected chi connectivity index (χ0v) is 19.5. The third-order valence-electron chi connectivity index (χ3n) is 5.81. The third kappa shape index (κ3) is 6.28. The lowest BCUT2D eigenvalue weighted by Gasteiger charge is -2.32. The van der Waals surface area contributed by atoms with E-state index in [0.29, 0.717) is 6.04 Å². The number of alkyl halides is 1. The number of nitrogens with zero attached hydrogens (tertiary/aromatic N) is 3. The molecule has 1 saturated carbocycles. The second-order valence-electron chi connectivity index (χ2n) is 8.00. The van der Waals surface area contributed by atoms with E-state index < -0.39 is 0 Å². The Kier molecular flexibility index (Phi) is 9.25. The minimum Gasteiger partial charge on any atom is -0.369 e. The van der Waals surface area contributed by atoms with Gasteiger partial charge in [0.2, 0.25) is 0 Å². The molecule has 3 rings (SSSR count). The van der Waals surface area contributed by atoms with Gasteiger partial charge >= 0.3 is 0 Å². The van der Waals surface area contributed by atoms with E-state index in [2.05, 4.69) is 64.0 Å². The standard InChI is InChI=1S/C23H35IN4/c1-2-3-4-5-11-16-25-23-20-14-9-10-15-21(20)26-22(27-23)17-28(18-24)19-12-7-6-8-13-19/h9-10,14-15,19H,2-8,11-13,16-18H2,1H3,(H,25,26,27). The van der Waals surface area contributed by atoms with Crippen LogP contribution in [0.5, 0.6) is 0 Å². The van der Waals surface area contributed by atoms with Crippen LogP contribution >= 0.6 is 22.6 Å². The molecular weight excluding hydrogens is 459 g/mol. The van der Waals surface area contributed by atoms with Crippen LogP contribution in [-0.4, -0.2) is 32.0 Å². The Morgan fingerprint density at radius 3 is 2.61 bits per heavy atom. The van der Waals surface area contributed by atoms with Crippen LogP contribution in [0.25, 0.3) is 10.9 Å². The second kappa shape index (κ2) is 11.9. The smallest absolute Gasteiger partial charge is 0.145 e. The summed E-state index contributed by atoms with van der Waals surface area (Å²) in [6.45, 7) is 4.10. The van der Waals surface area contributed by atoms with Crippen molar-refractivity contribution in [1.29, 1.82) is 0 Å². The summed E-state index contributed by atoms with van der Waals surface area (Å²) in [6.07, 6.45) is 13.2. The number of halogens is 1. The van der Waals surface area contributed by atoms with E-state index in [1.54, 1.807) is 0 Å². The topological polar surface area (TPSA) is 41.1 Å². The molecule has 1 N–H and O–H groups in total. The molecule has 1 aromatic carbocycles. The summed E-state index contributed by atoms with van der Waals surface area (Å²) in [4.78, 5) is 12.4. The van der Waals surface area contributed by atoms with Gasteiger partial charge in [0.05, 0.1) is 16.6 Å². The van der Waals surface area contributed by atoms with Crippen LogP contribution in [0.4, 0.5) is 5.82 Å². The van der Waals surface area contributed by atoms with E-state index in [0.717, 1.165) is 40.2 Å². The minimum absolute atomic E-state index is 0.690. The molecule has 0 spiro atoms. The van der Waals surface area contributed by atoms with Crippen molar-refractivity contribution in [1.82, 2.24) is 14.9 Å². The molecule has 0 radical (unpaired) electrons. The SMILES string of the molecule is CCCCCCCNc1nc(CN(CI)C2CCCCC2)nc2ccccc12. The van der Waals surface area contributed by atoms with Gasteiger partial charge in [0.25, 0.3) is 0 Å². The predicted octanol–water partition coefficient (Wildman–Crippen LogP) is 6.54. The Hall–Kier alpha value is -0.950. The van der Waals surface area contributed by atoms with Gasteiger partial charge in [0.15, 0.2) is 0 Å². The quantitative estimate of drug-likeness (QED) is 0.167. The Balaban J connectivity index is 1.69. The van der Waals surface area contributed by atoms with Crippen LogP contribution < -0.4 is 5.32 Å². The Bertz CT molecular complexity index is 715. The second-order valence-corrected chi connectivity index (χ2v) is 8.69. The molecule has 0 unspecified atom stereocenters. The zero-order valence-electron chi connectivity index (χ0n) is 17.3. The number of aromatic nitrogens is 2. The van der Waals surface area contributed by atoms with Crippen molar-refractivity contribution in [3.8, 4) is 0 Å². The van der Waals surface area contributed by atoms with Crippen molar-refractivity contribution in [2.75, 3.05) is 16.4 Å². The maximum absolute atomic E-state index is 4.95. The van der Waals surface area contributed by atoms with Crippen molar-refractivity contribution < 1.29 is 0 Å². The summed E-state index contributed by atoms with van der Waals surface area (Å²) in [5.41, 5.74) is 1.05. The first-order valence-electron chi connectivity index (χ1n) is 11.1. The van der Waals surface area contributed by atoms with E-state index >= 15 is 0 Å². The average molecular weight is 494 g/mol. The molecule has 1 aliphatic carbocycles. The fourth-order valence-corrected chi connectivity index (χ4v) is 4.96. The molecule has 28 heavy (non-hydrogen) atoms. The molecule has 1 aromatic heterocycles. The molecule has 0 aliphatic heterocycles. The Morgan fingerprint density at radius 2 is 1.82 bits per heavy atom. The molecule has 1 fully saturated rings. The van der Waals surface area contributed by atoms with Crippen LogP contribution in [-0.2, 0) is 6.54 Å². The first kappa shape index (κ1) is 21.8. The molecule has 4 nitrogen and oxygen atoms in total. The molecule has 0 saturated heterocycles. The van der Waals surface area contributed by atoms with Crippen LogP contribution in [0.15, 0.2) is 24.3 Å². The van der Waals surface area contributed by atoms with Gasteiger partial charge in [-0.05, 0) is 31.4 Å². The average Bonchev–Trinajstić information content (AvgIpc) is 2.75. The summed E-state index contributed by atoms with van der Waals surface area (Å²) in [6, 6.07) is 9.09. The first-order chi connectivity index (χ1) is 13.8. The third-order valence-corrected chi connectivity index (χ3v) is 6.69. The lowest BCUT2D eigenvalue weighted by atomic mass is 9.94. The van der Waals surface area contributed by atoms with Crippen molar-refractivity contribution in [2.24, 2.45) is 0 Å². The van der Waals surface area contributed by atoms with Gasteiger partial charge in [-0.3, -0.25) is 4.90 Å². The maximum atomic E-state index is 4.95. The van der Waals surface area contributed by atoms with Gasteiger partial charge in [-0.15, -0.1) is 0 Å². The van der Waals surface area contributed by atoms with Gasteiger partial charge in [-0.2, -0.15) is 0 Å². The largest absolute Gasteiger partial charge is 0.369 e. The fraction of sp³-hybridized carbons (Fsp3) is 0.652. The van der Waals surface area contributed by atoms with Crippen molar-refractivity contribution >= 4 is 39.3 Å². The number of anilines is 1. The lowest BCUT2D eigenvalue weighted by molar-refractivity contribution is 0.177. The summed E-state index contributed by atoms with van der Waals surface area (Å²) in [5, 5.41) is 4.74. The van der Waals surface area contributed by atoms with Gasteiger partial charge < -0.3 is 5.32 Å². The molecule has 0 atom stereocenters. The molecule has 2 aromatic rings. The minimum atomic E-state index is 0.690. The number of hydrogen-bond acceptors (Lipinski definition) is 4. The highest BCUT2D eigenvalue weighted by Gasteiger charge is 2.21. The molecular formula is C23H35IN4. The van der Waals surface area contributed by atoms with E-state index in [9.17, 15) is 0 Å². The monoisotopic (exact) mass is 494 g/mol. The number of unbranched alkanes of at least 4 members (excludes halogenated alkanes) is 4. The lowest BCUT2D eigenvalue weighted by Crippen LogP contribution is -2.35. The van der Waals surface area contributed by atoms with E-state index in [-0.39, 0.29) is 0 Å². The normalized spacial score (nSPS) is 15.4. The van der Waals surface area contributed by atoms with Gasteiger partial charge in [-0.1, -0.05) is 86.6 Å². The van der Waals surface area contributed by atoms with Gasteiger partial charge in [-0.25, -0.2) is 9.97 Å². The number of hydrogen-bond donors (Lipinski definition) is 1. The fourth-order valence-electron chi connectivity index (χ4n) is 4.16. The molecule has 1 aliphatic rings.